The summed E-state index contributed by atoms with van der Waals surface area (Å²) in [5, 5.41) is 1.09. The van der Waals surface area contributed by atoms with E-state index in [4.69, 9.17) is 15.0 Å². The Kier molecular flexibility index (Phi) is 8.77. The molecule has 5 aromatic carbocycles. The number of benzene rings is 5. The molecule has 8 aromatic rings. The van der Waals surface area contributed by atoms with Gasteiger partial charge in [-0.1, -0.05) is 107 Å². The van der Waals surface area contributed by atoms with Crippen LogP contribution in [0.25, 0.3) is 33.2 Å². The molecule has 5 heteroatoms. The van der Waals surface area contributed by atoms with Crippen LogP contribution in [0.4, 0.5) is 34.1 Å². The summed E-state index contributed by atoms with van der Waals surface area (Å²) in [6, 6.07) is 50.6. The van der Waals surface area contributed by atoms with Gasteiger partial charge in [0.15, 0.2) is 0 Å². The highest BCUT2D eigenvalue weighted by molar-refractivity contribution is 6.00. The van der Waals surface area contributed by atoms with Crippen molar-refractivity contribution in [2.75, 3.05) is 9.80 Å². The highest BCUT2D eigenvalue weighted by Crippen LogP contribution is 2.54. The zero-order valence-electron chi connectivity index (χ0n) is 33.7. The van der Waals surface area contributed by atoms with Gasteiger partial charge in [0.1, 0.15) is 0 Å². The number of anilines is 6. The van der Waals surface area contributed by atoms with E-state index in [1.807, 2.05) is 38.5 Å². The first-order chi connectivity index (χ1) is 27.5. The van der Waals surface area contributed by atoms with Crippen molar-refractivity contribution in [3.8, 4) is 22.3 Å². The van der Waals surface area contributed by atoms with Gasteiger partial charge in [0.25, 0.3) is 0 Å². The van der Waals surface area contributed by atoms with Gasteiger partial charge >= 0.3 is 0 Å². The van der Waals surface area contributed by atoms with Crippen molar-refractivity contribution < 1.29 is 0 Å². The normalized spacial score (nSPS) is 13.0. The van der Waals surface area contributed by atoms with Gasteiger partial charge in [-0.25, -0.2) is 0 Å². The minimum atomic E-state index is -0.195. The van der Waals surface area contributed by atoms with Crippen LogP contribution in [0.1, 0.15) is 62.7 Å². The van der Waals surface area contributed by atoms with Crippen molar-refractivity contribution in [1.29, 1.82) is 0 Å². The Morgan fingerprint density at radius 3 is 1.72 bits per heavy atom. The van der Waals surface area contributed by atoms with Crippen LogP contribution >= 0.6 is 0 Å². The Bertz CT molecular complexity index is 2760. The lowest BCUT2D eigenvalue weighted by atomic mass is 9.82. The van der Waals surface area contributed by atoms with Gasteiger partial charge in [-0.05, 0) is 119 Å². The van der Waals surface area contributed by atoms with Crippen LogP contribution in [0.2, 0.25) is 0 Å². The topological polar surface area (TPSA) is 45.2 Å². The number of hydrogen-bond donors (Lipinski definition) is 0. The number of pyridine rings is 3. The number of aryl methyl sites for hydroxylation is 2. The van der Waals surface area contributed by atoms with E-state index in [9.17, 15) is 0 Å². The van der Waals surface area contributed by atoms with E-state index in [2.05, 4.69) is 178 Å². The second-order valence-electron chi connectivity index (χ2n) is 16.8. The predicted octanol–water partition coefficient (Wildman–Crippen LogP) is 13.9. The number of nitrogens with zero attached hydrogens (tertiary/aromatic N) is 5. The molecule has 9 rings (SSSR count). The van der Waals surface area contributed by atoms with Crippen LogP contribution in [0.3, 0.4) is 0 Å². The van der Waals surface area contributed by atoms with Crippen LogP contribution in [-0.4, -0.2) is 15.0 Å². The van der Waals surface area contributed by atoms with Crippen LogP contribution in [-0.2, 0) is 10.8 Å². The van der Waals surface area contributed by atoms with Gasteiger partial charge in [-0.2, -0.15) is 0 Å². The average molecular weight is 742 g/mol. The van der Waals surface area contributed by atoms with E-state index in [-0.39, 0.29) is 10.8 Å². The fraction of sp³-hybridized carbons (Fsp3) is 0.173. The number of hydrogen-bond acceptors (Lipinski definition) is 5. The molecule has 0 radical (unpaired) electrons. The van der Waals surface area contributed by atoms with Gasteiger partial charge in [0, 0.05) is 45.3 Å². The summed E-state index contributed by atoms with van der Waals surface area (Å²) in [5.41, 5.74) is 17.3. The summed E-state index contributed by atoms with van der Waals surface area (Å²) in [5.74, 6) is 0. The number of fused-ring (bicyclic) bond motifs is 4. The molecule has 3 heterocycles. The molecule has 0 amide bonds. The van der Waals surface area contributed by atoms with Gasteiger partial charge in [-0.15, -0.1) is 0 Å². The maximum Gasteiger partial charge on any atom is 0.0722 e. The van der Waals surface area contributed by atoms with Crippen molar-refractivity contribution in [2.24, 2.45) is 0 Å². The third-order valence-corrected chi connectivity index (χ3v) is 11.5. The summed E-state index contributed by atoms with van der Waals surface area (Å²) in [6.07, 6.45) is 5.86. The molecule has 0 aliphatic heterocycles. The van der Waals surface area contributed by atoms with Crippen molar-refractivity contribution in [3.63, 3.8) is 0 Å². The second kappa shape index (κ2) is 13.9. The molecular formula is C52H47N5. The predicted molar refractivity (Wildman–Crippen MR) is 238 cm³/mol. The molecule has 280 valence electrons. The van der Waals surface area contributed by atoms with E-state index >= 15 is 0 Å². The molecule has 0 saturated heterocycles. The van der Waals surface area contributed by atoms with E-state index in [0.29, 0.717) is 0 Å². The molecule has 0 saturated carbocycles. The van der Waals surface area contributed by atoms with Crippen molar-refractivity contribution >= 4 is 45.0 Å². The molecule has 0 spiro atoms. The smallest absolute Gasteiger partial charge is 0.0722 e. The van der Waals surface area contributed by atoms with Crippen LogP contribution in [0.15, 0.2) is 158 Å². The Morgan fingerprint density at radius 2 is 1.09 bits per heavy atom. The number of aromatic nitrogens is 3. The standard InChI is InChI=1S/C52H47N5/c1-34-19-22-41(32-54-34)56(39-25-26-44-43-17-11-12-18-45(43)52(6,7)46(44)30-39)48-28-38(51(3,4)5)29-49(50(48)37-14-9-8-10-15-37)57(42-23-20-35(2)55-33-42)40-24-21-36-16-13-27-53-47(36)31-40/h8-33H,1-7H3. The van der Waals surface area contributed by atoms with E-state index < -0.39 is 0 Å². The lowest BCUT2D eigenvalue weighted by molar-refractivity contribution is 0.590. The minimum absolute atomic E-state index is 0.167. The van der Waals surface area contributed by atoms with E-state index in [0.717, 1.165) is 67.5 Å². The number of rotatable bonds is 7. The van der Waals surface area contributed by atoms with Gasteiger partial charge in [0.2, 0.25) is 0 Å². The van der Waals surface area contributed by atoms with Crippen LogP contribution in [0, 0.1) is 13.8 Å². The van der Waals surface area contributed by atoms with Crippen LogP contribution < -0.4 is 9.80 Å². The maximum absolute atomic E-state index is 4.88. The summed E-state index contributed by atoms with van der Waals surface area (Å²) in [6.45, 7) is 15.7. The monoisotopic (exact) mass is 741 g/mol. The largest absolute Gasteiger partial charge is 0.308 e. The highest BCUT2D eigenvalue weighted by atomic mass is 15.2. The Balaban J connectivity index is 1.39. The molecule has 0 atom stereocenters. The van der Waals surface area contributed by atoms with Gasteiger partial charge in [0.05, 0.1) is 40.7 Å². The average Bonchev–Trinajstić information content (AvgIpc) is 3.45. The lowest BCUT2D eigenvalue weighted by Gasteiger charge is -2.35. The fourth-order valence-corrected chi connectivity index (χ4v) is 8.36. The third kappa shape index (κ3) is 6.43. The first kappa shape index (κ1) is 36.1. The first-order valence-electron chi connectivity index (χ1n) is 19.8. The van der Waals surface area contributed by atoms with E-state index in [1.54, 1.807) is 0 Å². The molecule has 3 aromatic heterocycles. The molecular weight excluding hydrogens is 695 g/mol. The minimum Gasteiger partial charge on any atom is -0.308 e. The second-order valence-corrected chi connectivity index (χ2v) is 16.8. The van der Waals surface area contributed by atoms with Crippen molar-refractivity contribution in [1.82, 2.24) is 15.0 Å². The van der Waals surface area contributed by atoms with E-state index in [1.165, 1.54) is 27.8 Å². The first-order valence-corrected chi connectivity index (χ1v) is 19.8. The summed E-state index contributed by atoms with van der Waals surface area (Å²) in [7, 11) is 0. The summed E-state index contributed by atoms with van der Waals surface area (Å²) in [4.78, 5) is 19.3. The quantitative estimate of drug-likeness (QED) is 0.163. The fourth-order valence-electron chi connectivity index (χ4n) is 8.36. The van der Waals surface area contributed by atoms with Crippen molar-refractivity contribution in [3.05, 3.63) is 186 Å². The molecule has 5 nitrogen and oxygen atoms in total. The van der Waals surface area contributed by atoms with Gasteiger partial charge < -0.3 is 9.80 Å². The maximum atomic E-state index is 4.88. The molecule has 1 aliphatic carbocycles. The molecule has 0 N–H and O–H groups in total. The Labute approximate surface area is 336 Å². The Hall–Kier alpha value is -6.59. The SMILES string of the molecule is Cc1ccc(N(c2ccc3c(c2)C(C)(C)c2ccccc2-3)c2cc(C(C)(C)C)cc(N(c3ccc(C)nc3)c3ccc4cccnc4c3)c2-c2ccccc2)cn1. The summed E-state index contributed by atoms with van der Waals surface area (Å²) >= 11 is 0. The molecule has 57 heavy (non-hydrogen) atoms. The molecule has 0 unspecified atom stereocenters. The highest BCUT2D eigenvalue weighted by Gasteiger charge is 2.36. The molecule has 0 bridgehead atoms. The lowest BCUT2D eigenvalue weighted by Crippen LogP contribution is -2.20. The Morgan fingerprint density at radius 1 is 0.509 bits per heavy atom. The molecule has 1 aliphatic rings. The zero-order valence-corrected chi connectivity index (χ0v) is 33.7. The summed E-state index contributed by atoms with van der Waals surface area (Å²) < 4.78 is 0. The van der Waals surface area contributed by atoms with Crippen molar-refractivity contribution in [2.45, 2.75) is 59.3 Å². The zero-order chi connectivity index (χ0) is 39.5. The third-order valence-electron chi connectivity index (χ3n) is 11.5. The molecule has 0 fully saturated rings. The van der Waals surface area contributed by atoms with Crippen LogP contribution in [0.5, 0.6) is 0 Å². The van der Waals surface area contributed by atoms with Gasteiger partial charge in [-0.3, -0.25) is 15.0 Å².